The van der Waals surface area contributed by atoms with Crippen LogP contribution in [0.2, 0.25) is 0 Å². The van der Waals surface area contributed by atoms with Crippen molar-refractivity contribution in [2.45, 2.75) is 46.5 Å². The van der Waals surface area contributed by atoms with Gasteiger partial charge in [-0.2, -0.15) is 0 Å². The van der Waals surface area contributed by atoms with E-state index >= 15 is 0 Å². The van der Waals surface area contributed by atoms with Gasteiger partial charge in [0, 0.05) is 44.6 Å². The number of unbranched alkanes of at least 4 members (excludes halogenated alkanes) is 3. The zero-order valence-electron chi connectivity index (χ0n) is 18.1. The van der Waals surface area contributed by atoms with Gasteiger partial charge in [0.15, 0.2) is 0 Å². The standard InChI is InChI=1S/C15H23NO.C11H8N.Ir/c1-4-5-6-7-8-16-11-14-10-12(2)9-13(3)15(14)17;1-2-6-10(7-3-1)11-8-4-5-9-12-11;/h9-11,17H,4-8H2,1-3H3;1-6,8-9H;/q;-1;. The summed E-state index contributed by atoms with van der Waals surface area (Å²) in [5.41, 5.74) is 4.92. The van der Waals surface area contributed by atoms with Gasteiger partial charge >= 0.3 is 0 Å². The van der Waals surface area contributed by atoms with E-state index in [9.17, 15) is 5.11 Å². The minimum atomic E-state index is 0. The Morgan fingerprint density at radius 2 is 1.83 bits per heavy atom. The van der Waals surface area contributed by atoms with E-state index in [0.29, 0.717) is 5.75 Å². The van der Waals surface area contributed by atoms with Crippen molar-refractivity contribution < 1.29 is 25.2 Å². The van der Waals surface area contributed by atoms with Crippen LogP contribution in [0.3, 0.4) is 0 Å². The molecule has 0 aliphatic heterocycles. The van der Waals surface area contributed by atoms with Gasteiger partial charge in [-0.25, -0.2) is 0 Å². The van der Waals surface area contributed by atoms with Gasteiger partial charge in [-0.15, -0.1) is 35.9 Å². The van der Waals surface area contributed by atoms with Crippen LogP contribution in [0.1, 0.15) is 49.3 Å². The van der Waals surface area contributed by atoms with Crippen molar-refractivity contribution in [1.29, 1.82) is 0 Å². The van der Waals surface area contributed by atoms with Crippen molar-refractivity contribution in [3.63, 3.8) is 0 Å². The Labute approximate surface area is 194 Å². The van der Waals surface area contributed by atoms with E-state index in [-0.39, 0.29) is 20.1 Å². The minimum absolute atomic E-state index is 0. The molecule has 0 amide bonds. The van der Waals surface area contributed by atoms with Crippen LogP contribution >= 0.6 is 0 Å². The number of hydrogen-bond donors (Lipinski definition) is 1. The predicted octanol–water partition coefficient (Wildman–Crippen LogP) is 6.55. The number of rotatable bonds is 7. The Balaban J connectivity index is 0.000000304. The fourth-order valence-corrected chi connectivity index (χ4v) is 2.96. The quantitative estimate of drug-likeness (QED) is 0.196. The average molecular weight is 580 g/mol. The fraction of sp³-hybridized carbons (Fsp3) is 0.308. The van der Waals surface area contributed by atoms with Crippen LogP contribution in [-0.4, -0.2) is 22.8 Å². The molecular weight excluding hydrogens is 549 g/mol. The van der Waals surface area contributed by atoms with Gasteiger partial charge in [-0.05, 0) is 49.2 Å². The van der Waals surface area contributed by atoms with Crippen LogP contribution in [-0.2, 0) is 20.1 Å². The van der Waals surface area contributed by atoms with Crippen molar-refractivity contribution in [3.05, 3.63) is 83.6 Å². The first kappa shape index (κ1) is 25.7. The number of nitrogens with zero attached hydrogens (tertiary/aromatic N) is 2. The number of phenols is 1. The molecule has 3 aromatic rings. The van der Waals surface area contributed by atoms with Gasteiger partial charge in [0.2, 0.25) is 0 Å². The van der Waals surface area contributed by atoms with Crippen molar-refractivity contribution in [2.24, 2.45) is 4.99 Å². The monoisotopic (exact) mass is 580 g/mol. The number of aromatic hydroxyl groups is 1. The average Bonchev–Trinajstić information content (AvgIpc) is 2.75. The van der Waals surface area contributed by atoms with Gasteiger partial charge in [-0.1, -0.05) is 44.4 Å². The summed E-state index contributed by atoms with van der Waals surface area (Å²) in [6.07, 6.45) is 8.49. The molecule has 0 spiro atoms. The van der Waals surface area contributed by atoms with E-state index in [4.69, 9.17) is 0 Å². The summed E-state index contributed by atoms with van der Waals surface area (Å²) in [4.78, 5) is 8.59. The maximum absolute atomic E-state index is 9.87. The Morgan fingerprint density at radius 3 is 2.50 bits per heavy atom. The summed E-state index contributed by atoms with van der Waals surface area (Å²) in [7, 11) is 0. The van der Waals surface area contributed by atoms with Gasteiger partial charge < -0.3 is 10.1 Å². The Morgan fingerprint density at radius 1 is 1.03 bits per heavy atom. The summed E-state index contributed by atoms with van der Waals surface area (Å²) < 4.78 is 0. The molecule has 3 nitrogen and oxygen atoms in total. The number of pyridine rings is 1. The molecule has 0 fully saturated rings. The SMILES string of the molecule is CCCCCCN=Cc1cc(C)cc(C)c1O.[Ir].[c-]1ccccc1-c1ccccn1. The van der Waals surface area contributed by atoms with Crippen molar-refractivity contribution >= 4 is 6.21 Å². The van der Waals surface area contributed by atoms with E-state index in [1.165, 1.54) is 19.3 Å². The molecule has 0 bridgehead atoms. The van der Waals surface area contributed by atoms with Crippen LogP contribution in [0.4, 0.5) is 0 Å². The number of aromatic nitrogens is 1. The molecule has 0 unspecified atom stereocenters. The second-order valence-corrected chi connectivity index (χ2v) is 7.11. The third-order valence-electron chi connectivity index (χ3n) is 4.50. The van der Waals surface area contributed by atoms with Crippen molar-refractivity contribution in [2.75, 3.05) is 6.54 Å². The summed E-state index contributed by atoms with van der Waals surface area (Å²) >= 11 is 0. The molecule has 161 valence electrons. The minimum Gasteiger partial charge on any atom is -0.507 e. The molecule has 30 heavy (non-hydrogen) atoms. The summed E-state index contributed by atoms with van der Waals surface area (Å²) in [5, 5.41) is 9.87. The normalized spacial score (nSPS) is 10.2. The van der Waals surface area contributed by atoms with Crippen LogP contribution in [0.15, 0.2) is 65.8 Å². The molecule has 1 radical (unpaired) electrons. The molecule has 1 heterocycles. The van der Waals surface area contributed by atoms with Crippen LogP contribution in [0.25, 0.3) is 11.3 Å². The van der Waals surface area contributed by atoms with E-state index in [2.05, 4.69) is 23.0 Å². The molecule has 3 rings (SSSR count). The number of aryl methyl sites for hydroxylation is 2. The van der Waals surface area contributed by atoms with Gasteiger partial charge in [0.1, 0.15) is 5.75 Å². The molecule has 0 aliphatic rings. The predicted molar refractivity (Wildman–Crippen MR) is 123 cm³/mol. The molecule has 0 aliphatic carbocycles. The Hall–Kier alpha value is -2.29. The molecule has 0 atom stereocenters. The molecule has 4 heteroatoms. The largest absolute Gasteiger partial charge is 0.507 e. The van der Waals surface area contributed by atoms with Crippen LogP contribution < -0.4 is 0 Å². The first-order valence-corrected chi connectivity index (χ1v) is 10.3. The van der Waals surface area contributed by atoms with Gasteiger partial charge in [0.25, 0.3) is 0 Å². The summed E-state index contributed by atoms with van der Waals surface area (Å²) in [6, 6.07) is 20.8. The second-order valence-electron chi connectivity index (χ2n) is 7.11. The molecular formula is C26H31IrN2O-. The second kappa shape index (κ2) is 14.7. The zero-order valence-corrected chi connectivity index (χ0v) is 20.5. The van der Waals surface area contributed by atoms with E-state index < -0.39 is 0 Å². The number of phenolic OH excluding ortho intramolecular Hbond substituents is 1. The first-order chi connectivity index (χ1) is 14.1. The number of aliphatic imine (C=N–C) groups is 1. The van der Waals surface area contributed by atoms with Crippen molar-refractivity contribution in [1.82, 2.24) is 4.98 Å². The van der Waals surface area contributed by atoms with Crippen LogP contribution in [0.5, 0.6) is 5.75 Å². The molecule has 0 saturated heterocycles. The Bertz CT molecular complexity index is 843. The first-order valence-electron chi connectivity index (χ1n) is 10.3. The zero-order chi connectivity index (χ0) is 20.9. The maximum atomic E-state index is 9.87. The van der Waals surface area contributed by atoms with E-state index in [0.717, 1.165) is 40.9 Å². The third kappa shape index (κ3) is 9.02. The van der Waals surface area contributed by atoms with E-state index in [1.54, 1.807) is 12.4 Å². The molecule has 1 N–H and O–H groups in total. The third-order valence-corrected chi connectivity index (χ3v) is 4.50. The van der Waals surface area contributed by atoms with Crippen LogP contribution in [0, 0.1) is 19.9 Å². The van der Waals surface area contributed by atoms with Gasteiger partial charge in [-0.3, -0.25) is 4.99 Å². The summed E-state index contributed by atoms with van der Waals surface area (Å²) in [5.74, 6) is 0.355. The van der Waals surface area contributed by atoms with E-state index in [1.807, 2.05) is 68.4 Å². The smallest absolute Gasteiger partial charge is 0.127 e. The molecule has 1 aromatic heterocycles. The fourth-order valence-electron chi connectivity index (χ4n) is 2.96. The number of hydrogen-bond acceptors (Lipinski definition) is 3. The summed E-state index contributed by atoms with van der Waals surface area (Å²) in [6.45, 7) is 7.01. The molecule has 2 aromatic carbocycles. The number of benzene rings is 2. The maximum Gasteiger partial charge on any atom is 0.127 e. The van der Waals surface area contributed by atoms with Gasteiger partial charge in [0.05, 0.1) is 0 Å². The topological polar surface area (TPSA) is 45.5 Å². The van der Waals surface area contributed by atoms with Crippen molar-refractivity contribution in [3.8, 4) is 17.0 Å². The Kier molecular flexibility index (Phi) is 12.6. The molecule has 0 saturated carbocycles.